The number of thiazole rings is 1. The predicted molar refractivity (Wildman–Crippen MR) is 70.5 cm³/mol. The minimum Gasteiger partial charge on any atom is -0.382 e. The van der Waals surface area contributed by atoms with Gasteiger partial charge in [-0.25, -0.2) is 4.98 Å². The zero-order chi connectivity index (χ0) is 12.6. The first kappa shape index (κ1) is 12.2. The minimum atomic E-state index is -0.0139. The molecule has 0 unspecified atom stereocenters. The van der Waals surface area contributed by atoms with E-state index in [0.717, 1.165) is 11.7 Å². The maximum atomic E-state index is 12.2. The third-order valence-corrected chi connectivity index (χ3v) is 4.02. The Kier molecular flexibility index (Phi) is 3.24. The van der Waals surface area contributed by atoms with Crippen LogP contribution in [0.4, 0.5) is 10.9 Å². The molecule has 2 N–H and O–H groups in total. The number of rotatable bonds is 4. The molecule has 1 aromatic rings. The highest BCUT2D eigenvalue weighted by Gasteiger charge is 2.27. The van der Waals surface area contributed by atoms with Crippen LogP contribution < -0.4 is 10.6 Å². The van der Waals surface area contributed by atoms with Gasteiger partial charge in [0.1, 0.15) is 10.7 Å². The van der Waals surface area contributed by atoms with E-state index in [1.54, 1.807) is 4.90 Å². The van der Waals surface area contributed by atoms with Crippen LogP contribution in [-0.2, 0) is 0 Å². The van der Waals surface area contributed by atoms with Gasteiger partial charge in [-0.3, -0.25) is 4.79 Å². The number of nitrogen functional groups attached to an aromatic ring is 1. The third-order valence-electron chi connectivity index (χ3n) is 2.79. The quantitative estimate of drug-likeness (QED) is 0.879. The van der Waals surface area contributed by atoms with E-state index in [2.05, 4.69) is 4.98 Å². The molecule has 1 fully saturated rings. The van der Waals surface area contributed by atoms with Crippen LogP contribution in [-0.4, -0.2) is 43.5 Å². The molecule has 0 aliphatic heterocycles. The van der Waals surface area contributed by atoms with Crippen molar-refractivity contribution in [2.24, 2.45) is 5.92 Å². The molecule has 0 bridgehead atoms. The summed E-state index contributed by atoms with van der Waals surface area (Å²) in [5.74, 6) is 1.01. The highest BCUT2D eigenvalue weighted by Crippen LogP contribution is 2.31. The van der Waals surface area contributed by atoms with E-state index in [1.165, 1.54) is 24.2 Å². The van der Waals surface area contributed by atoms with Gasteiger partial charge >= 0.3 is 0 Å². The van der Waals surface area contributed by atoms with Crippen LogP contribution in [0.5, 0.6) is 0 Å². The van der Waals surface area contributed by atoms with E-state index in [9.17, 15) is 4.79 Å². The van der Waals surface area contributed by atoms with Crippen LogP contribution in [0.15, 0.2) is 0 Å². The van der Waals surface area contributed by atoms with E-state index in [4.69, 9.17) is 5.73 Å². The van der Waals surface area contributed by atoms with Gasteiger partial charge in [-0.2, -0.15) is 0 Å². The SMILES string of the molecule is CN(CC1CC1)C(=O)c1sc(N(C)C)nc1N. The molecule has 0 saturated heterocycles. The van der Waals surface area contributed by atoms with Gasteiger partial charge in [-0.1, -0.05) is 11.3 Å². The molecule has 1 heterocycles. The molecule has 5 nitrogen and oxygen atoms in total. The van der Waals surface area contributed by atoms with Crippen molar-refractivity contribution in [2.45, 2.75) is 12.8 Å². The lowest BCUT2D eigenvalue weighted by Crippen LogP contribution is -2.28. The van der Waals surface area contributed by atoms with E-state index in [0.29, 0.717) is 16.6 Å². The van der Waals surface area contributed by atoms with Gasteiger partial charge in [-0.15, -0.1) is 0 Å². The Morgan fingerprint density at radius 2 is 2.12 bits per heavy atom. The summed E-state index contributed by atoms with van der Waals surface area (Å²) in [5, 5.41) is 0.769. The molecule has 0 radical (unpaired) electrons. The molecule has 6 heteroatoms. The average molecular weight is 254 g/mol. The Morgan fingerprint density at radius 3 is 2.59 bits per heavy atom. The fourth-order valence-electron chi connectivity index (χ4n) is 1.61. The molecule has 1 amide bonds. The van der Waals surface area contributed by atoms with E-state index in [1.807, 2.05) is 26.0 Å². The number of hydrogen-bond acceptors (Lipinski definition) is 5. The lowest BCUT2D eigenvalue weighted by molar-refractivity contribution is 0.0794. The van der Waals surface area contributed by atoms with Gasteiger partial charge in [0.15, 0.2) is 5.13 Å². The maximum absolute atomic E-state index is 12.2. The third kappa shape index (κ3) is 2.69. The Morgan fingerprint density at radius 1 is 1.47 bits per heavy atom. The summed E-state index contributed by atoms with van der Waals surface area (Å²) >= 11 is 1.35. The summed E-state index contributed by atoms with van der Waals surface area (Å²) in [6, 6.07) is 0. The Hall–Kier alpha value is -1.30. The summed E-state index contributed by atoms with van der Waals surface area (Å²) in [6.45, 7) is 0.827. The van der Waals surface area contributed by atoms with Crippen molar-refractivity contribution in [3.8, 4) is 0 Å². The summed E-state index contributed by atoms with van der Waals surface area (Å²) in [6.07, 6.45) is 2.47. The fourth-order valence-corrected chi connectivity index (χ4v) is 2.51. The number of carbonyl (C=O) groups is 1. The van der Waals surface area contributed by atoms with Crippen molar-refractivity contribution in [1.29, 1.82) is 0 Å². The lowest BCUT2D eigenvalue weighted by atomic mass is 10.3. The van der Waals surface area contributed by atoms with Crippen LogP contribution in [0.3, 0.4) is 0 Å². The molecule has 1 saturated carbocycles. The summed E-state index contributed by atoms with van der Waals surface area (Å²) in [5.41, 5.74) is 5.79. The topological polar surface area (TPSA) is 62.5 Å². The second-order valence-corrected chi connectivity index (χ2v) is 5.71. The molecular weight excluding hydrogens is 236 g/mol. The largest absolute Gasteiger partial charge is 0.382 e. The van der Waals surface area contributed by atoms with Gasteiger partial charge in [0.25, 0.3) is 5.91 Å². The normalized spacial score (nSPS) is 14.8. The van der Waals surface area contributed by atoms with Crippen molar-refractivity contribution in [3.05, 3.63) is 4.88 Å². The Balaban J connectivity index is 2.11. The first-order valence-corrected chi connectivity index (χ1v) is 6.49. The van der Waals surface area contributed by atoms with Crippen molar-refractivity contribution < 1.29 is 4.79 Å². The minimum absolute atomic E-state index is 0.0139. The molecule has 0 atom stereocenters. The molecule has 1 aliphatic rings. The molecule has 2 rings (SSSR count). The highest BCUT2D eigenvalue weighted by atomic mass is 32.1. The number of nitrogens with zero attached hydrogens (tertiary/aromatic N) is 3. The van der Waals surface area contributed by atoms with Crippen molar-refractivity contribution in [3.63, 3.8) is 0 Å². The highest BCUT2D eigenvalue weighted by molar-refractivity contribution is 7.18. The number of amides is 1. The van der Waals surface area contributed by atoms with Crippen LogP contribution in [0.1, 0.15) is 22.5 Å². The van der Waals surface area contributed by atoms with Gasteiger partial charge in [-0.05, 0) is 18.8 Å². The zero-order valence-corrected chi connectivity index (χ0v) is 11.3. The molecule has 0 aromatic carbocycles. The second-order valence-electron chi connectivity index (χ2n) is 4.73. The molecule has 0 spiro atoms. The first-order valence-electron chi connectivity index (χ1n) is 5.68. The second kappa shape index (κ2) is 4.52. The monoisotopic (exact) mass is 254 g/mol. The van der Waals surface area contributed by atoms with Crippen molar-refractivity contribution >= 4 is 28.2 Å². The van der Waals surface area contributed by atoms with Crippen LogP contribution in [0.2, 0.25) is 0 Å². The molecule has 94 valence electrons. The number of hydrogen-bond donors (Lipinski definition) is 1. The number of anilines is 2. The maximum Gasteiger partial charge on any atom is 0.267 e. The van der Waals surface area contributed by atoms with E-state index < -0.39 is 0 Å². The van der Waals surface area contributed by atoms with Gasteiger partial charge in [0.05, 0.1) is 0 Å². The lowest BCUT2D eigenvalue weighted by Gasteiger charge is -2.15. The van der Waals surface area contributed by atoms with E-state index >= 15 is 0 Å². The smallest absolute Gasteiger partial charge is 0.267 e. The number of aromatic nitrogens is 1. The number of nitrogens with two attached hydrogens (primary N) is 1. The van der Waals surface area contributed by atoms with Gasteiger partial charge in [0.2, 0.25) is 0 Å². The first-order chi connectivity index (χ1) is 7.99. The zero-order valence-electron chi connectivity index (χ0n) is 10.4. The Labute approximate surface area is 105 Å². The summed E-state index contributed by atoms with van der Waals surface area (Å²) in [4.78, 5) is 20.5. The van der Waals surface area contributed by atoms with Crippen LogP contribution >= 0.6 is 11.3 Å². The summed E-state index contributed by atoms with van der Waals surface area (Å²) < 4.78 is 0. The fraction of sp³-hybridized carbons (Fsp3) is 0.636. The average Bonchev–Trinajstić information content (AvgIpc) is 2.98. The van der Waals surface area contributed by atoms with Crippen LogP contribution in [0, 0.1) is 5.92 Å². The van der Waals surface area contributed by atoms with Crippen molar-refractivity contribution in [1.82, 2.24) is 9.88 Å². The van der Waals surface area contributed by atoms with E-state index in [-0.39, 0.29) is 5.91 Å². The Bertz CT molecular complexity index is 425. The van der Waals surface area contributed by atoms with Gasteiger partial charge in [0, 0.05) is 27.7 Å². The van der Waals surface area contributed by atoms with Gasteiger partial charge < -0.3 is 15.5 Å². The van der Waals surface area contributed by atoms with Crippen LogP contribution in [0.25, 0.3) is 0 Å². The predicted octanol–water partition coefficient (Wildman–Crippen LogP) is 1.27. The number of carbonyl (C=O) groups excluding carboxylic acids is 1. The molecule has 17 heavy (non-hydrogen) atoms. The summed E-state index contributed by atoms with van der Waals surface area (Å²) in [7, 11) is 5.61. The standard InChI is InChI=1S/C11H18N4OS/c1-14(2)11-13-9(12)8(17-11)10(16)15(3)6-7-4-5-7/h7H,4-6,12H2,1-3H3. The molecule has 1 aliphatic carbocycles. The van der Waals surface area contributed by atoms with Crippen molar-refractivity contribution in [2.75, 3.05) is 38.3 Å². The molecular formula is C11H18N4OS. The molecule has 1 aromatic heterocycles.